The zero-order chi connectivity index (χ0) is 20.5. The van der Waals surface area contributed by atoms with Crippen LogP contribution in [0.5, 0.6) is 0 Å². The average Bonchev–Trinajstić information content (AvgIpc) is 3.35. The smallest absolute Gasteiger partial charge is 0.223 e. The molecule has 1 aromatic heterocycles. The Hall–Kier alpha value is -2.04. The van der Waals surface area contributed by atoms with Gasteiger partial charge in [-0.25, -0.2) is 4.98 Å². The van der Waals surface area contributed by atoms with Crippen molar-refractivity contribution in [2.24, 2.45) is 5.92 Å². The van der Waals surface area contributed by atoms with Crippen molar-refractivity contribution in [3.05, 3.63) is 23.3 Å². The van der Waals surface area contributed by atoms with Crippen LogP contribution in [0.3, 0.4) is 0 Å². The highest BCUT2D eigenvalue weighted by Gasteiger charge is 2.30. The highest BCUT2D eigenvalue weighted by atomic mass is 16.1. The Morgan fingerprint density at radius 1 is 1.14 bits per heavy atom. The fourth-order valence-corrected chi connectivity index (χ4v) is 4.91. The summed E-state index contributed by atoms with van der Waals surface area (Å²) in [6, 6.07) is 5.33. The van der Waals surface area contributed by atoms with Gasteiger partial charge in [-0.1, -0.05) is 19.8 Å². The van der Waals surface area contributed by atoms with Crippen LogP contribution in [0.4, 0.5) is 5.95 Å². The molecule has 1 saturated carbocycles. The first-order valence-electron chi connectivity index (χ1n) is 11.5. The average molecular weight is 397 g/mol. The topological polar surface area (TPSA) is 50.2 Å². The second kappa shape index (κ2) is 8.37. The van der Waals surface area contributed by atoms with E-state index in [-0.39, 0.29) is 11.8 Å². The fraction of sp³-hybridized carbons (Fsp3) is 0.667. The summed E-state index contributed by atoms with van der Waals surface area (Å²) in [6.45, 7) is 10.7. The van der Waals surface area contributed by atoms with E-state index < -0.39 is 0 Å². The Morgan fingerprint density at radius 2 is 1.79 bits per heavy atom. The number of anilines is 1. The van der Waals surface area contributed by atoms with Crippen LogP contribution in [-0.4, -0.2) is 34.6 Å². The molecule has 4 rings (SSSR count). The van der Waals surface area contributed by atoms with E-state index in [1.165, 1.54) is 29.5 Å². The predicted octanol–water partition coefficient (Wildman–Crippen LogP) is 4.90. The molecule has 1 aliphatic carbocycles. The molecule has 1 amide bonds. The number of amides is 1. The van der Waals surface area contributed by atoms with Crippen LogP contribution >= 0.6 is 0 Å². The SMILES string of the molecule is CCC(C)n1c(N2CCC(C(=O)NC3CCCC3)CC2)nc2cc(C)c(C)cc21. The molecule has 1 saturated heterocycles. The minimum atomic E-state index is 0.151. The summed E-state index contributed by atoms with van der Waals surface area (Å²) in [5.74, 6) is 1.50. The third-order valence-corrected chi connectivity index (χ3v) is 7.17. The Balaban J connectivity index is 1.52. The zero-order valence-corrected chi connectivity index (χ0v) is 18.5. The van der Waals surface area contributed by atoms with E-state index in [1.807, 2.05) is 0 Å². The summed E-state index contributed by atoms with van der Waals surface area (Å²) in [5, 5.41) is 3.30. The minimum Gasteiger partial charge on any atom is -0.353 e. The van der Waals surface area contributed by atoms with Crippen LogP contribution in [0.1, 0.15) is 76.0 Å². The number of imidazole rings is 1. The quantitative estimate of drug-likeness (QED) is 0.782. The van der Waals surface area contributed by atoms with Gasteiger partial charge in [0.2, 0.25) is 11.9 Å². The van der Waals surface area contributed by atoms with Gasteiger partial charge in [-0.3, -0.25) is 4.79 Å². The van der Waals surface area contributed by atoms with E-state index in [2.05, 4.69) is 54.6 Å². The molecule has 1 atom stereocenters. The van der Waals surface area contributed by atoms with Gasteiger partial charge in [0.15, 0.2) is 0 Å². The Labute approximate surface area is 174 Å². The third kappa shape index (κ3) is 4.01. The molecule has 1 unspecified atom stereocenters. The van der Waals surface area contributed by atoms with Crippen LogP contribution in [0.25, 0.3) is 11.0 Å². The molecule has 0 spiro atoms. The number of hydrogen-bond acceptors (Lipinski definition) is 3. The number of carbonyl (C=O) groups is 1. The predicted molar refractivity (Wildman–Crippen MR) is 120 cm³/mol. The molecule has 2 fully saturated rings. The summed E-state index contributed by atoms with van der Waals surface area (Å²) in [6.07, 6.45) is 7.74. The first kappa shape index (κ1) is 20.2. The summed E-state index contributed by atoms with van der Waals surface area (Å²) in [5.41, 5.74) is 4.93. The molecule has 0 bridgehead atoms. The molecular weight excluding hydrogens is 360 g/mol. The van der Waals surface area contributed by atoms with E-state index in [4.69, 9.17) is 4.98 Å². The third-order valence-electron chi connectivity index (χ3n) is 7.17. The van der Waals surface area contributed by atoms with Crippen molar-refractivity contribution in [2.45, 2.75) is 84.7 Å². The largest absolute Gasteiger partial charge is 0.353 e. The van der Waals surface area contributed by atoms with Gasteiger partial charge in [0.05, 0.1) is 11.0 Å². The normalized spacial score (nSPS) is 19.8. The molecule has 2 aliphatic rings. The van der Waals surface area contributed by atoms with Crippen molar-refractivity contribution < 1.29 is 4.79 Å². The van der Waals surface area contributed by atoms with Gasteiger partial charge in [-0.15, -0.1) is 0 Å². The maximum absolute atomic E-state index is 12.7. The van der Waals surface area contributed by atoms with Crippen molar-refractivity contribution in [3.63, 3.8) is 0 Å². The van der Waals surface area contributed by atoms with E-state index in [0.717, 1.165) is 56.7 Å². The Bertz CT molecular complexity index is 873. The standard InChI is InChI=1S/C24H36N4O/c1-5-18(4)28-22-15-17(3)16(2)14-21(22)26-24(28)27-12-10-19(11-13-27)23(29)25-20-8-6-7-9-20/h14-15,18-20H,5-13H2,1-4H3,(H,25,29). The van der Waals surface area contributed by atoms with Gasteiger partial charge in [-0.05, 0) is 76.1 Å². The number of nitrogens with one attached hydrogen (secondary N) is 1. The fourth-order valence-electron chi connectivity index (χ4n) is 4.91. The van der Waals surface area contributed by atoms with Crippen molar-refractivity contribution in [1.82, 2.24) is 14.9 Å². The lowest BCUT2D eigenvalue weighted by atomic mass is 9.95. The molecule has 1 N–H and O–H groups in total. The van der Waals surface area contributed by atoms with Crippen LogP contribution < -0.4 is 10.2 Å². The van der Waals surface area contributed by atoms with Crippen LogP contribution in [-0.2, 0) is 4.79 Å². The number of nitrogens with zero attached hydrogens (tertiary/aromatic N) is 3. The van der Waals surface area contributed by atoms with Crippen molar-refractivity contribution in [2.75, 3.05) is 18.0 Å². The van der Waals surface area contributed by atoms with Crippen molar-refractivity contribution in [3.8, 4) is 0 Å². The molecule has 1 aromatic carbocycles. The number of hydrogen-bond donors (Lipinski definition) is 1. The zero-order valence-electron chi connectivity index (χ0n) is 18.5. The number of carbonyl (C=O) groups excluding carboxylic acids is 1. The number of piperidine rings is 1. The molecule has 5 nitrogen and oxygen atoms in total. The lowest BCUT2D eigenvalue weighted by Gasteiger charge is -2.33. The van der Waals surface area contributed by atoms with E-state index >= 15 is 0 Å². The number of rotatable bonds is 5. The summed E-state index contributed by atoms with van der Waals surface area (Å²) in [7, 11) is 0. The molecule has 29 heavy (non-hydrogen) atoms. The lowest BCUT2D eigenvalue weighted by molar-refractivity contribution is -0.126. The number of fused-ring (bicyclic) bond motifs is 1. The molecule has 2 aromatic rings. The van der Waals surface area contributed by atoms with Gasteiger partial charge < -0.3 is 14.8 Å². The molecule has 0 radical (unpaired) electrons. The van der Waals surface area contributed by atoms with Crippen LogP contribution in [0.2, 0.25) is 0 Å². The number of aromatic nitrogens is 2. The van der Waals surface area contributed by atoms with Crippen molar-refractivity contribution in [1.29, 1.82) is 0 Å². The van der Waals surface area contributed by atoms with Gasteiger partial charge in [0.25, 0.3) is 0 Å². The molecule has 1 aliphatic heterocycles. The first-order valence-corrected chi connectivity index (χ1v) is 11.5. The van der Waals surface area contributed by atoms with E-state index in [1.54, 1.807) is 0 Å². The Kier molecular flexibility index (Phi) is 5.84. The Morgan fingerprint density at radius 3 is 2.45 bits per heavy atom. The van der Waals surface area contributed by atoms with Crippen LogP contribution in [0, 0.1) is 19.8 Å². The summed E-state index contributed by atoms with van der Waals surface area (Å²) in [4.78, 5) is 20.1. The highest BCUT2D eigenvalue weighted by molar-refractivity contribution is 5.81. The molecule has 158 valence electrons. The summed E-state index contributed by atoms with van der Waals surface area (Å²) < 4.78 is 2.42. The second-order valence-corrected chi connectivity index (χ2v) is 9.22. The number of aryl methyl sites for hydroxylation is 2. The second-order valence-electron chi connectivity index (χ2n) is 9.22. The van der Waals surface area contributed by atoms with Crippen molar-refractivity contribution >= 4 is 22.9 Å². The molecular formula is C24H36N4O. The maximum Gasteiger partial charge on any atom is 0.223 e. The minimum absolute atomic E-state index is 0.151. The maximum atomic E-state index is 12.7. The van der Waals surface area contributed by atoms with Gasteiger partial charge in [0, 0.05) is 31.1 Å². The van der Waals surface area contributed by atoms with Gasteiger partial charge in [-0.2, -0.15) is 0 Å². The van der Waals surface area contributed by atoms with Crippen LogP contribution in [0.15, 0.2) is 12.1 Å². The summed E-state index contributed by atoms with van der Waals surface area (Å²) >= 11 is 0. The van der Waals surface area contributed by atoms with Gasteiger partial charge >= 0.3 is 0 Å². The van der Waals surface area contributed by atoms with Gasteiger partial charge in [0.1, 0.15) is 0 Å². The lowest BCUT2D eigenvalue weighted by Crippen LogP contribution is -2.43. The van der Waals surface area contributed by atoms with E-state index in [9.17, 15) is 4.79 Å². The monoisotopic (exact) mass is 396 g/mol. The highest BCUT2D eigenvalue weighted by Crippen LogP contribution is 2.32. The van der Waals surface area contributed by atoms with E-state index in [0.29, 0.717) is 12.1 Å². The first-order chi connectivity index (χ1) is 14.0. The molecule has 5 heteroatoms. The molecule has 2 heterocycles. The number of benzene rings is 1.